The molecule has 5 heteroatoms. The smallest absolute Gasteiger partial charge is 0.319 e. The molecule has 0 saturated heterocycles. The topological polar surface area (TPSA) is 94.1 Å². The first-order chi connectivity index (χ1) is 5.11. The molecule has 0 bridgehead atoms. The molecule has 0 spiro atoms. The summed E-state index contributed by atoms with van der Waals surface area (Å²) in [5.41, 5.74) is -0.443. The fourth-order valence-corrected chi connectivity index (χ4v) is 0.578. The van der Waals surface area contributed by atoms with Crippen LogP contribution < -0.4 is 10.8 Å². The molecule has 0 atom stereocenters. The summed E-state index contributed by atoms with van der Waals surface area (Å²) < 4.78 is 4.53. The molecular weight excluding hydrogens is 152 g/mol. The summed E-state index contributed by atoms with van der Waals surface area (Å²) in [6.07, 6.45) is 0. The van der Waals surface area contributed by atoms with Crippen LogP contribution in [0.15, 0.2) is 16.5 Å². The number of hydrogen-bond donors (Lipinski definition) is 4. The molecular formula is C6H6O5. The van der Waals surface area contributed by atoms with Crippen molar-refractivity contribution in [3.05, 3.63) is 23.0 Å². The van der Waals surface area contributed by atoms with Crippen molar-refractivity contribution < 1.29 is 24.8 Å². The Morgan fingerprint density at radius 1 is 0.909 bits per heavy atom. The van der Waals surface area contributed by atoms with Crippen LogP contribution in [0.5, 0.6) is 0 Å². The molecule has 0 amide bonds. The number of aliphatic hydroxyl groups excluding tert-OH is 2. The summed E-state index contributed by atoms with van der Waals surface area (Å²) >= 11 is 0. The van der Waals surface area contributed by atoms with Gasteiger partial charge >= 0.3 is 11.9 Å². The molecule has 0 radical (unpaired) electrons. The lowest BCUT2D eigenvalue weighted by atomic mass is 10.5. The molecule has 11 heavy (non-hydrogen) atoms. The third kappa shape index (κ3) is 1.37. The molecule has 1 rings (SSSR count). The van der Waals surface area contributed by atoms with E-state index in [9.17, 15) is 0 Å². The standard InChI is InChI=1S/C6H6O5/c7-5(8)3-1-2-4(11-3)6(9)10/h1-2,7-10H. The van der Waals surface area contributed by atoms with Crippen molar-refractivity contribution in [1.82, 2.24) is 0 Å². The van der Waals surface area contributed by atoms with E-state index in [-0.39, 0.29) is 10.8 Å². The predicted octanol–water partition coefficient (Wildman–Crippen LogP) is -0.357. The highest BCUT2D eigenvalue weighted by Crippen LogP contribution is 1.78. The number of furan rings is 1. The van der Waals surface area contributed by atoms with Gasteiger partial charge in [0.25, 0.3) is 0 Å². The molecule has 4 N–H and O–H groups in total. The van der Waals surface area contributed by atoms with Crippen molar-refractivity contribution >= 4 is 11.9 Å². The fourth-order valence-electron chi connectivity index (χ4n) is 0.578. The maximum absolute atomic E-state index is 8.42. The van der Waals surface area contributed by atoms with Crippen molar-refractivity contribution in [2.24, 2.45) is 0 Å². The first-order valence-electron chi connectivity index (χ1n) is 2.71. The van der Waals surface area contributed by atoms with Gasteiger partial charge < -0.3 is 24.8 Å². The zero-order valence-electron chi connectivity index (χ0n) is 5.35. The van der Waals surface area contributed by atoms with Crippen LogP contribution in [0.25, 0.3) is 11.9 Å². The molecule has 60 valence electrons. The quantitative estimate of drug-likeness (QED) is 0.413. The Kier molecular flexibility index (Phi) is 1.63. The molecule has 1 aromatic rings. The first-order valence-corrected chi connectivity index (χ1v) is 2.71. The van der Waals surface area contributed by atoms with Gasteiger partial charge in [-0.2, -0.15) is 0 Å². The van der Waals surface area contributed by atoms with E-state index in [0.29, 0.717) is 0 Å². The Morgan fingerprint density at radius 3 is 1.45 bits per heavy atom. The lowest BCUT2D eigenvalue weighted by molar-refractivity contribution is 0.265. The van der Waals surface area contributed by atoms with E-state index < -0.39 is 11.9 Å². The Morgan fingerprint density at radius 2 is 1.27 bits per heavy atom. The average Bonchev–Trinajstić information content (AvgIpc) is 2.33. The average molecular weight is 158 g/mol. The van der Waals surface area contributed by atoms with E-state index in [0.717, 1.165) is 0 Å². The van der Waals surface area contributed by atoms with Crippen LogP contribution in [0.2, 0.25) is 0 Å². The van der Waals surface area contributed by atoms with Gasteiger partial charge in [0.15, 0.2) is 0 Å². The van der Waals surface area contributed by atoms with Crippen LogP contribution in [-0.4, -0.2) is 20.4 Å². The highest BCUT2D eigenvalue weighted by Gasteiger charge is 1.96. The second kappa shape index (κ2) is 2.45. The van der Waals surface area contributed by atoms with Gasteiger partial charge in [0.05, 0.1) is 0 Å². The number of hydrogen-bond acceptors (Lipinski definition) is 5. The van der Waals surface area contributed by atoms with Crippen molar-refractivity contribution in [2.75, 3.05) is 0 Å². The van der Waals surface area contributed by atoms with E-state index in [1.165, 1.54) is 12.1 Å². The Labute approximate surface area is 60.8 Å². The zero-order chi connectivity index (χ0) is 8.43. The largest absolute Gasteiger partial charge is 0.478 e. The van der Waals surface area contributed by atoms with Gasteiger partial charge in [0.2, 0.25) is 10.8 Å². The minimum Gasteiger partial charge on any atom is -0.478 e. The van der Waals surface area contributed by atoms with Crippen LogP contribution in [0.4, 0.5) is 0 Å². The van der Waals surface area contributed by atoms with Gasteiger partial charge in [-0.25, -0.2) is 0 Å². The number of aliphatic hydroxyl groups is 4. The summed E-state index contributed by atoms with van der Waals surface area (Å²) in [4.78, 5) is 0. The highest BCUT2D eigenvalue weighted by atomic mass is 16.5. The lowest BCUT2D eigenvalue weighted by Gasteiger charge is -1.81. The third-order valence-corrected chi connectivity index (χ3v) is 1.05. The Balaban J connectivity index is 3.45. The molecule has 0 aliphatic heterocycles. The second-order valence-corrected chi connectivity index (χ2v) is 1.81. The van der Waals surface area contributed by atoms with Gasteiger partial charge in [0, 0.05) is 0 Å². The number of rotatable bonds is 0. The minimum atomic E-state index is -1.00. The molecule has 0 aromatic carbocycles. The van der Waals surface area contributed by atoms with Gasteiger partial charge in [-0.3, -0.25) is 0 Å². The second-order valence-electron chi connectivity index (χ2n) is 1.81. The van der Waals surface area contributed by atoms with Crippen molar-refractivity contribution in [2.45, 2.75) is 0 Å². The van der Waals surface area contributed by atoms with Crippen molar-refractivity contribution in [3.8, 4) is 0 Å². The molecule has 1 aromatic heterocycles. The van der Waals surface area contributed by atoms with E-state index in [2.05, 4.69) is 4.42 Å². The summed E-state index contributed by atoms with van der Waals surface area (Å²) in [6, 6.07) is 2.38. The summed E-state index contributed by atoms with van der Waals surface area (Å²) in [6.45, 7) is 0. The molecule has 1 heterocycles. The van der Waals surface area contributed by atoms with Crippen LogP contribution in [0, 0.1) is 0 Å². The van der Waals surface area contributed by atoms with E-state index >= 15 is 0 Å². The molecule has 5 nitrogen and oxygen atoms in total. The summed E-state index contributed by atoms with van der Waals surface area (Å²) in [5, 5.41) is 33.7. The van der Waals surface area contributed by atoms with Crippen LogP contribution in [-0.2, 0) is 0 Å². The van der Waals surface area contributed by atoms with Crippen LogP contribution >= 0.6 is 0 Å². The summed E-state index contributed by atoms with van der Waals surface area (Å²) in [5.74, 6) is -2.00. The van der Waals surface area contributed by atoms with E-state index in [4.69, 9.17) is 20.4 Å². The maximum Gasteiger partial charge on any atom is 0.319 e. The van der Waals surface area contributed by atoms with Crippen molar-refractivity contribution in [1.29, 1.82) is 0 Å². The van der Waals surface area contributed by atoms with Gasteiger partial charge in [0.1, 0.15) is 0 Å². The van der Waals surface area contributed by atoms with Gasteiger partial charge in [-0.05, 0) is 12.1 Å². The highest BCUT2D eigenvalue weighted by molar-refractivity contribution is 5.22. The van der Waals surface area contributed by atoms with Crippen LogP contribution in [0.3, 0.4) is 0 Å². The van der Waals surface area contributed by atoms with E-state index in [1.54, 1.807) is 0 Å². The molecule has 0 unspecified atom stereocenters. The molecule has 0 fully saturated rings. The SMILES string of the molecule is OC(O)=c1ccc(=C(O)O)o1. The van der Waals surface area contributed by atoms with Crippen molar-refractivity contribution in [3.63, 3.8) is 0 Å². The van der Waals surface area contributed by atoms with E-state index in [1.807, 2.05) is 0 Å². The van der Waals surface area contributed by atoms with Crippen LogP contribution in [0.1, 0.15) is 0 Å². The molecule has 0 saturated carbocycles. The maximum atomic E-state index is 8.42. The Bertz CT molecular complexity index is 318. The fraction of sp³-hybridized carbons (Fsp3) is 0. The third-order valence-electron chi connectivity index (χ3n) is 1.05. The minimum absolute atomic E-state index is 0.222. The Hall–Kier alpha value is -1.78. The monoisotopic (exact) mass is 158 g/mol. The summed E-state index contributed by atoms with van der Waals surface area (Å²) in [7, 11) is 0. The predicted molar refractivity (Wildman–Crippen MR) is 35.3 cm³/mol. The first kappa shape index (κ1) is 7.33. The van der Waals surface area contributed by atoms with Gasteiger partial charge in [-0.15, -0.1) is 0 Å². The molecule has 0 aliphatic carbocycles. The van der Waals surface area contributed by atoms with Gasteiger partial charge in [-0.1, -0.05) is 0 Å². The normalized spacial score (nSPS) is 9.45. The zero-order valence-corrected chi connectivity index (χ0v) is 5.35. The lowest BCUT2D eigenvalue weighted by Crippen LogP contribution is -2.06. The molecule has 0 aliphatic rings.